The Morgan fingerprint density at radius 3 is 2.50 bits per heavy atom. The van der Waals surface area contributed by atoms with Crippen LogP contribution in [0.2, 0.25) is 0 Å². The molecule has 3 aromatic rings. The first kappa shape index (κ1) is 22.6. The number of hydrogen-bond donors (Lipinski definition) is 0. The zero-order valence-electron chi connectivity index (χ0n) is 19.4. The second-order valence-corrected chi connectivity index (χ2v) is 8.80. The maximum atomic E-state index is 6.00. The third kappa shape index (κ3) is 4.62. The maximum Gasteiger partial charge on any atom is 0.190 e. The first-order valence-electron chi connectivity index (χ1n) is 11.4. The average molecular weight is 453 g/mol. The summed E-state index contributed by atoms with van der Waals surface area (Å²) in [6, 6.07) is 12.4. The molecule has 0 saturated carbocycles. The van der Waals surface area contributed by atoms with Gasteiger partial charge in [-0.1, -0.05) is 32.0 Å². The van der Waals surface area contributed by atoms with E-state index in [2.05, 4.69) is 42.0 Å². The minimum atomic E-state index is 0.200. The van der Waals surface area contributed by atoms with E-state index >= 15 is 0 Å². The monoisotopic (exact) mass is 452 g/mol. The van der Waals surface area contributed by atoms with Crippen LogP contribution in [0.5, 0.6) is 11.5 Å². The molecule has 0 bridgehead atoms. The molecular formula is C26H32N2O3S. The molecule has 1 saturated heterocycles. The van der Waals surface area contributed by atoms with Crippen molar-refractivity contribution >= 4 is 17.0 Å². The van der Waals surface area contributed by atoms with Gasteiger partial charge in [-0.2, -0.15) is 0 Å². The van der Waals surface area contributed by atoms with E-state index in [0.717, 1.165) is 72.1 Å². The lowest BCUT2D eigenvalue weighted by molar-refractivity contribution is 0.0968. The predicted octanol–water partition coefficient (Wildman–Crippen LogP) is 5.77. The summed E-state index contributed by atoms with van der Waals surface area (Å²) in [4.78, 5) is 6.21. The Morgan fingerprint density at radius 2 is 1.88 bits per heavy atom. The van der Waals surface area contributed by atoms with Gasteiger partial charge < -0.3 is 18.8 Å². The molecule has 1 aliphatic heterocycles. The summed E-state index contributed by atoms with van der Waals surface area (Å²) in [6.45, 7) is 5.98. The molecule has 6 heteroatoms. The van der Waals surface area contributed by atoms with Gasteiger partial charge in [-0.3, -0.25) is 0 Å². The van der Waals surface area contributed by atoms with Crippen LogP contribution >= 0.6 is 11.3 Å². The zero-order valence-corrected chi connectivity index (χ0v) is 20.2. The van der Waals surface area contributed by atoms with E-state index in [4.69, 9.17) is 19.2 Å². The lowest BCUT2D eigenvalue weighted by atomic mass is 10.0. The van der Waals surface area contributed by atoms with Crippen molar-refractivity contribution in [1.29, 1.82) is 0 Å². The summed E-state index contributed by atoms with van der Waals surface area (Å²) in [5.41, 5.74) is 5.74. The SMILES string of the molecule is CCc1cccc(CC)c1N=c1scc(-c2cc(OC)ccc2OC)n1CC1CCCO1. The van der Waals surface area contributed by atoms with Crippen molar-refractivity contribution in [2.24, 2.45) is 4.99 Å². The topological polar surface area (TPSA) is 45.0 Å². The molecule has 1 aromatic heterocycles. The Hall–Kier alpha value is -2.57. The molecule has 1 atom stereocenters. The van der Waals surface area contributed by atoms with Crippen molar-refractivity contribution in [3.63, 3.8) is 0 Å². The highest BCUT2D eigenvalue weighted by atomic mass is 32.1. The van der Waals surface area contributed by atoms with Crippen LogP contribution < -0.4 is 14.3 Å². The van der Waals surface area contributed by atoms with Crippen molar-refractivity contribution in [3.05, 3.63) is 57.7 Å². The van der Waals surface area contributed by atoms with Gasteiger partial charge in [-0.05, 0) is 55.0 Å². The number of thiazole rings is 1. The second kappa shape index (κ2) is 10.4. The van der Waals surface area contributed by atoms with Crippen molar-refractivity contribution in [2.75, 3.05) is 20.8 Å². The first-order valence-corrected chi connectivity index (χ1v) is 12.2. The second-order valence-electron chi connectivity index (χ2n) is 7.96. The number of para-hydroxylation sites is 1. The maximum absolute atomic E-state index is 6.00. The molecule has 0 N–H and O–H groups in total. The summed E-state index contributed by atoms with van der Waals surface area (Å²) in [7, 11) is 3.40. The predicted molar refractivity (Wildman–Crippen MR) is 130 cm³/mol. The van der Waals surface area contributed by atoms with Gasteiger partial charge in [0.05, 0.1) is 38.2 Å². The van der Waals surface area contributed by atoms with Crippen molar-refractivity contribution in [2.45, 2.75) is 52.2 Å². The standard InChI is InChI=1S/C26H32N2O3S/c1-5-18-9-7-10-19(6-2)25(18)27-26-28(16-21-11-8-14-31-21)23(17-32-26)22-15-20(29-3)12-13-24(22)30-4/h7,9-10,12-13,15,17,21H,5-6,8,11,14,16H2,1-4H3. The highest BCUT2D eigenvalue weighted by Gasteiger charge is 2.21. The van der Waals surface area contributed by atoms with Crippen LogP contribution in [0.1, 0.15) is 37.8 Å². The minimum absolute atomic E-state index is 0.200. The summed E-state index contributed by atoms with van der Waals surface area (Å²) >= 11 is 1.66. The quantitative estimate of drug-likeness (QED) is 0.436. The third-order valence-electron chi connectivity index (χ3n) is 6.06. The molecule has 0 spiro atoms. The van der Waals surface area contributed by atoms with Crippen molar-refractivity contribution in [1.82, 2.24) is 4.57 Å². The first-order chi connectivity index (χ1) is 15.7. The Balaban J connectivity index is 1.91. The Labute approximate surface area is 194 Å². The lowest BCUT2D eigenvalue weighted by Crippen LogP contribution is -2.24. The van der Waals surface area contributed by atoms with Crippen molar-refractivity contribution in [3.8, 4) is 22.8 Å². The van der Waals surface area contributed by atoms with Crippen LogP contribution in [0.3, 0.4) is 0 Å². The van der Waals surface area contributed by atoms with Crippen LogP contribution in [-0.4, -0.2) is 31.5 Å². The van der Waals surface area contributed by atoms with Gasteiger partial charge >= 0.3 is 0 Å². The number of benzene rings is 2. The molecule has 32 heavy (non-hydrogen) atoms. The fraction of sp³-hybridized carbons (Fsp3) is 0.423. The summed E-state index contributed by atoms with van der Waals surface area (Å²) < 4.78 is 19.5. The van der Waals surface area contributed by atoms with E-state index in [9.17, 15) is 0 Å². The van der Waals surface area contributed by atoms with E-state index in [1.54, 1.807) is 25.6 Å². The zero-order chi connectivity index (χ0) is 22.5. The third-order valence-corrected chi connectivity index (χ3v) is 6.93. The van der Waals surface area contributed by atoms with E-state index in [-0.39, 0.29) is 6.10 Å². The van der Waals surface area contributed by atoms with E-state index in [1.807, 2.05) is 18.2 Å². The van der Waals surface area contributed by atoms with Gasteiger partial charge in [0.15, 0.2) is 4.80 Å². The number of ether oxygens (including phenoxy) is 3. The number of aryl methyl sites for hydroxylation is 2. The molecular weight excluding hydrogens is 420 g/mol. The Kier molecular flexibility index (Phi) is 7.33. The fourth-order valence-electron chi connectivity index (χ4n) is 4.27. The number of aromatic nitrogens is 1. The smallest absolute Gasteiger partial charge is 0.190 e. The summed E-state index contributed by atoms with van der Waals surface area (Å²) in [6.07, 6.45) is 4.30. The van der Waals surface area contributed by atoms with Gasteiger partial charge in [-0.25, -0.2) is 4.99 Å². The Morgan fingerprint density at radius 1 is 1.09 bits per heavy atom. The van der Waals surface area contributed by atoms with Crippen LogP contribution in [0.15, 0.2) is 46.8 Å². The number of hydrogen-bond acceptors (Lipinski definition) is 5. The van der Waals surface area contributed by atoms with E-state index in [1.165, 1.54) is 11.1 Å². The molecule has 0 radical (unpaired) electrons. The van der Waals surface area contributed by atoms with Crippen LogP contribution in [0, 0.1) is 0 Å². The molecule has 1 fully saturated rings. The molecule has 1 unspecified atom stereocenters. The molecule has 2 heterocycles. The van der Waals surface area contributed by atoms with Gasteiger partial charge in [0.1, 0.15) is 11.5 Å². The molecule has 2 aromatic carbocycles. The number of methoxy groups -OCH3 is 2. The number of nitrogens with zero attached hydrogens (tertiary/aromatic N) is 2. The summed E-state index contributed by atoms with van der Waals surface area (Å²) in [5, 5.41) is 2.17. The number of rotatable bonds is 8. The van der Waals surface area contributed by atoms with Crippen LogP contribution in [0.25, 0.3) is 11.3 Å². The molecule has 0 amide bonds. The largest absolute Gasteiger partial charge is 0.497 e. The van der Waals surface area contributed by atoms with Gasteiger partial charge in [0, 0.05) is 17.6 Å². The normalized spacial score (nSPS) is 16.5. The molecule has 170 valence electrons. The molecule has 4 rings (SSSR count). The Bertz CT molecular complexity index is 1100. The van der Waals surface area contributed by atoms with Crippen LogP contribution in [0.4, 0.5) is 5.69 Å². The van der Waals surface area contributed by atoms with Crippen molar-refractivity contribution < 1.29 is 14.2 Å². The van der Waals surface area contributed by atoms with Crippen LogP contribution in [-0.2, 0) is 24.1 Å². The van der Waals surface area contributed by atoms with E-state index < -0.39 is 0 Å². The van der Waals surface area contributed by atoms with Gasteiger partial charge in [0.25, 0.3) is 0 Å². The lowest BCUT2D eigenvalue weighted by Gasteiger charge is -2.16. The van der Waals surface area contributed by atoms with E-state index in [0.29, 0.717) is 0 Å². The molecule has 0 aliphatic carbocycles. The summed E-state index contributed by atoms with van der Waals surface area (Å²) in [5.74, 6) is 1.62. The van der Waals surface area contributed by atoms with Gasteiger partial charge in [0.2, 0.25) is 0 Å². The fourth-order valence-corrected chi connectivity index (χ4v) is 5.19. The molecule has 1 aliphatic rings. The highest BCUT2D eigenvalue weighted by molar-refractivity contribution is 7.07. The highest BCUT2D eigenvalue weighted by Crippen LogP contribution is 2.35. The van der Waals surface area contributed by atoms with Gasteiger partial charge in [-0.15, -0.1) is 11.3 Å². The average Bonchev–Trinajstić information content (AvgIpc) is 3.49. The minimum Gasteiger partial charge on any atom is -0.497 e. The molecule has 5 nitrogen and oxygen atoms in total.